The largest absolute Gasteiger partial charge is 0.336 e. The van der Waals surface area contributed by atoms with Gasteiger partial charge in [0.05, 0.1) is 10.7 Å². The van der Waals surface area contributed by atoms with Crippen molar-refractivity contribution in [2.45, 2.75) is 25.3 Å². The zero-order valence-electron chi connectivity index (χ0n) is 16.2. The molecule has 0 bridgehead atoms. The number of likely N-dealkylation sites (tertiary alicyclic amines) is 1. The summed E-state index contributed by atoms with van der Waals surface area (Å²) >= 11 is 6.26. The van der Waals surface area contributed by atoms with Gasteiger partial charge in [0.15, 0.2) is 5.78 Å². The van der Waals surface area contributed by atoms with Crippen molar-refractivity contribution in [3.05, 3.63) is 64.4 Å². The van der Waals surface area contributed by atoms with E-state index in [2.05, 4.69) is 5.32 Å². The van der Waals surface area contributed by atoms with Crippen LogP contribution >= 0.6 is 11.6 Å². The van der Waals surface area contributed by atoms with E-state index in [1.54, 1.807) is 23.1 Å². The number of benzene rings is 2. The van der Waals surface area contributed by atoms with Crippen molar-refractivity contribution in [3.8, 4) is 0 Å². The number of ketones is 1. The molecule has 1 unspecified atom stereocenters. The Bertz CT molecular complexity index is 996. The van der Waals surface area contributed by atoms with Gasteiger partial charge in [0.25, 0.3) is 5.91 Å². The van der Waals surface area contributed by atoms with Crippen LogP contribution in [0.5, 0.6) is 0 Å². The molecule has 1 N–H and O–H groups in total. The predicted molar refractivity (Wildman–Crippen MR) is 112 cm³/mol. The van der Waals surface area contributed by atoms with Crippen molar-refractivity contribution in [3.63, 3.8) is 0 Å². The molecule has 8 heteroatoms. The van der Waals surface area contributed by atoms with E-state index in [9.17, 15) is 18.8 Å². The quantitative estimate of drug-likeness (QED) is 0.733. The van der Waals surface area contributed by atoms with Gasteiger partial charge in [-0.3, -0.25) is 14.5 Å². The van der Waals surface area contributed by atoms with Crippen molar-refractivity contribution in [1.29, 1.82) is 0 Å². The summed E-state index contributed by atoms with van der Waals surface area (Å²) in [5.41, 5.74) is 1.36. The molecular formula is C22H21ClFN3O3. The van der Waals surface area contributed by atoms with E-state index in [1.807, 2.05) is 0 Å². The lowest BCUT2D eigenvalue weighted by atomic mass is 10.0. The highest BCUT2D eigenvalue weighted by Crippen LogP contribution is 2.30. The molecule has 2 heterocycles. The molecule has 2 aliphatic rings. The molecule has 2 aromatic carbocycles. The maximum atomic E-state index is 13.2. The lowest BCUT2D eigenvalue weighted by Crippen LogP contribution is -2.37. The third-order valence-corrected chi connectivity index (χ3v) is 5.89. The lowest BCUT2D eigenvalue weighted by molar-refractivity contribution is 0.0717. The molecular weight excluding hydrogens is 409 g/mol. The van der Waals surface area contributed by atoms with Crippen LogP contribution in [0.1, 0.15) is 40.0 Å². The summed E-state index contributed by atoms with van der Waals surface area (Å²) in [5, 5.41) is 3.12. The molecule has 0 radical (unpaired) electrons. The molecule has 0 aliphatic carbocycles. The molecule has 0 aromatic heterocycles. The van der Waals surface area contributed by atoms with Crippen LogP contribution in [-0.4, -0.2) is 48.3 Å². The minimum Gasteiger partial charge on any atom is -0.336 e. The summed E-state index contributed by atoms with van der Waals surface area (Å²) in [5.74, 6) is -0.707. The first-order chi connectivity index (χ1) is 14.4. The van der Waals surface area contributed by atoms with Crippen LogP contribution in [-0.2, 0) is 0 Å². The Morgan fingerprint density at radius 1 is 1.10 bits per heavy atom. The van der Waals surface area contributed by atoms with Crippen LogP contribution in [0.15, 0.2) is 42.5 Å². The molecule has 6 nitrogen and oxygen atoms in total. The van der Waals surface area contributed by atoms with E-state index in [1.165, 1.54) is 29.2 Å². The molecule has 2 aliphatic heterocycles. The summed E-state index contributed by atoms with van der Waals surface area (Å²) in [6.45, 7) is 1.56. The maximum Gasteiger partial charge on any atom is 0.322 e. The van der Waals surface area contributed by atoms with Gasteiger partial charge in [-0.25, -0.2) is 9.18 Å². The van der Waals surface area contributed by atoms with E-state index in [0.29, 0.717) is 41.5 Å². The molecule has 1 atom stereocenters. The molecule has 30 heavy (non-hydrogen) atoms. The van der Waals surface area contributed by atoms with Crippen molar-refractivity contribution in [1.82, 2.24) is 10.2 Å². The van der Waals surface area contributed by atoms with Gasteiger partial charge < -0.3 is 10.2 Å². The Morgan fingerprint density at radius 3 is 2.53 bits per heavy atom. The number of amides is 3. The predicted octanol–water partition coefficient (Wildman–Crippen LogP) is 3.89. The smallest absolute Gasteiger partial charge is 0.322 e. The number of urea groups is 1. The Kier molecular flexibility index (Phi) is 5.72. The van der Waals surface area contributed by atoms with Crippen LogP contribution in [0.2, 0.25) is 5.02 Å². The monoisotopic (exact) mass is 429 g/mol. The second-order valence-corrected chi connectivity index (χ2v) is 7.89. The molecule has 2 fully saturated rings. The normalized spacial score (nSPS) is 18.6. The highest BCUT2D eigenvalue weighted by atomic mass is 35.5. The molecule has 156 valence electrons. The lowest BCUT2D eigenvalue weighted by Gasteiger charge is -2.25. The second-order valence-electron chi connectivity index (χ2n) is 7.48. The van der Waals surface area contributed by atoms with Crippen LogP contribution in [0.4, 0.5) is 14.9 Å². The first kappa shape index (κ1) is 20.3. The van der Waals surface area contributed by atoms with E-state index in [0.717, 1.165) is 12.8 Å². The fourth-order valence-corrected chi connectivity index (χ4v) is 4.22. The van der Waals surface area contributed by atoms with Crippen molar-refractivity contribution in [2.75, 3.05) is 24.5 Å². The van der Waals surface area contributed by atoms with Crippen molar-refractivity contribution >= 4 is 35.0 Å². The number of halogens is 2. The fourth-order valence-electron chi connectivity index (χ4n) is 4.00. The molecule has 4 rings (SSSR count). The van der Waals surface area contributed by atoms with Gasteiger partial charge in [-0.2, -0.15) is 0 Å². The van der Waals surface area contributed by atoms with Gasteiger partial charge in [0.1, 0.15) is 5.82 Å². The Hall–Kier alpha value is -2.93. The molecule has 0 saturated carbocycles. The van der Waals surface area contributed by atoms with Crippen LogP contribution in [0.3, 0.4) is 0 Å². The minimum absolute atomic E-state index is 0.120. The van der Waals surface area contributed by atoms with Gasteiger partial charge in [0.2, 0.25) is 0 Å². The molecule has 2 saturated heterocycles. The third kappa shape index (κ3) is 4.03. The zero-order valence-corrected chi connectivity index (χ0v) is 17.0. The number of nitrogens with zero attached hydrogens (tertiary/aromatic N) is 2. The topological polar surface area (TPSA) is 69.7 Å². The number of anilines is 1. The van der Waals surface area contributed by atoms with Crippen molar-refractivity contribution < 1.29 is 18.8 Å². The van der Waals surface area contributed by atoms with E-state index in [-0.39, 0.29) is 30.2 Å². The van der Waals surface area contributed by atoms with Crippen LogP contribution in [0.25, 0.3) is 0 Å². The summed E-state index contributed by atoms with van der Waals surface area (Å²) in [4.78, 5) is 41.0. The second kappa shape index (κ2) is 8.44. The van der Waals surface area contributed by atoms with E-state index in [4.69, 9.17) is 11.6 Å². The van der Waals surface area contributed by atoms with E-state index >= 15 is 0 Å². The number of rotatable bonds is 5. The number of nitrogens with one attached hydrogen (secondary N) is 1. The summed E-state index contributed by atoms with van der Waals surface area (Å²) in [6.07, 6.45) is 1.72. The van der Waals surface area contributed by atoms with Gasteiger partial charge in [-0.05, 0) is 55.3 Å². The zero-order chi connectivity index (χ0) is 21.3. The van der Waals surface area contributed by atoms with Gasteiger partial charge in [0, 0.05) is 43.2 Å². The molecule has 2 aromatic rings. The Balaban J connectivity index is 1.51. The first-order valence-corrected chi connectivity index (χ1v) is 10.3. The average molecular weight is 430 g/mol. The highest BCUT2D eigenvalue weighted by molar-refractivity contribution is 6.34. The summed E-state index contributed by atoms with van der Waals surface area (Å²) in [7, 11) is 0. The van der Waals surface area contributed by atoms with Crippen LogP contribution < -0.4 is 10.2 Å². The standard InChI is InChI=1S/C22H21ClFN3O3/c23-18-8-5-15(12-19(18)27-11-9-25-22(27)30)21(29)26-10-1-2-17(26)13-20(28)14-3-6-16(24)7-4-14/h3-8,12,17H,1-2,9-11,13H2,(H,25,30). The highest BCUT2D eigenvalue weighted by Gasteiger charge is 2.32. The first-order valence-electron chi connectivity index (χ1n) is 9.88. The van der Waals surface area contributed by atoms with E-state index < -0.39 is 5.82 Å². The van der Waals surface area contributed by atoms with Crippen molar-refractivity contribution in [2.24, 2.45) is 0 Å². The molecule has 3 amide bonds. The molecule has 0 spiro atoms. The van der Waals surface area contributed by atoms with Gasteiger partial charge >= 0.3 is 6.03 Å². The third-order valence-electron chi connectivity index (χ3n) is 5.57. The Labute approximate surface area is 178 Å². The Morgan fingerprint density at radius 2 is 1.83 bits per heavy atom. The van der Waals surface area contributed by atoms with Gasteiger partial charge in [-0.15, -0.1) is 0 Å². The van der Waals surface area contributed by atoms with Gasteiger partial charge in [-0.1, -0.05) is 11.6 Å². The SMILES string of the molecule is O=C(CC1CCCN1C(=O)c1ccc(Cl)c(N2CCNC2=O)c1)c1ccc(F)cc1. The van der Waals surface area contributed by atoms with Crippen LogP contribution in [0, 0.1) is 5.82 Å². The summed E-state index contributed by atoms with van der Waals surface area (Å²) in [6, 6.07) is 9.87. The average Bonchev–Trinajstić information content (AvgIpc) is 3.37. The summed E-state index contributed by atoms with van der Waals surface area (Å²) < 4.78 is 13.1. The number of hydrogen-bond acceptors (Lipinski definition) is 3. The number of carbonyl (C=O) groups excluding carboxylic acids is 3. The number of carbonyl (C=O) groups is 3. The maximum absolute atomic E-state index is 13.2. The fraction of sp³-hybridized carbons (Fsp3) is 0.318. The number of hydrogen-bond donors (Lipinski definition) is 1. The number of Topliss-reactive ketones (excluding diaryl/α,β-unsaturated/α-hetero) is 1. The minimum atomic E-state index is -0.394.